The minimum absolute atomic E-state index is 0.122. The Morgan fingerprint density at radius 1 is 1.07 bits per heavy atom. The molecule has 4 heteroatoms. The molecule has 4 rings (SSSR count). The molecule has 154 valence electrons. The summed E-state index contributed by atoms with van der Waals surface area (Å²) in [5.41, 5.74) is 1.81. The first-order valence-corrected chi connectivity index (χ1v) is 11.0. The third-order valence-electron chi connectivity index (χ3n) is 6.77. The zero-order chi connectivity index (χ0) is 20.2. The van der Waals surface area contributed by atoms with E-state index in [1.807, 2.05) is 6.07 Å². The van der Waals surface area contributed by atoms with Crippen molar-refractivity contribution in [2.24, 2.45) is 5.92 Å². The van der Waals surface area contributed by atoms with Gasteiger partial charge >= 0.3 is 0 Å². The Balaban J connectivity index is 1.53. The molecule has 1 aliphatic carbocycles. The lowest BCUT2D eigenvalue weighted by atomic mass is 9.74. The van der Waals surface area contributed by atoms with Crippen LogP contribution < -0.4 is 5.32 Å². The van der Waals surface area contributed by atoms with E-state index < -0.39 is 0 Å². The maximum atomic E-state index is 13.3. The van der Waals surface area contributed by atoms with Gasteiger partial charge in [0.05, 0.1) is 6.04 Å². The van der Waals surface area contributed by atoms with Crippen LogP contribution in [0.3, 0.4) is 0 Å². The van der Waals surface area contributed by atoms with E-state index in [1.165, 1.54) is 37.1 Å². The number of halogens is 1. The van der Waals surface area contributed by atoms with Crippen LogP contribution in [0.15, 0.2) is 54.6 Å². The van der Waals surface area contributed by atoms with Crippen LogP contribution in [0.1, 0.15) is 55.8 Å². The van der Waals surface area contributed by atoms with E-state index in [0.717, 1.165) is 25.8 Å². The molecule has 1 saturated carbocycles. The van der Waals surface area contributed by atoms with Crippen LogP contribution in [0, 0.1) is 11.7 Å². The van der Waals surface area contributed by atoms with Gasteiger partial charge in [-0.25, -0.2) is 4.39 Å². The highest BCUT2D eigenvalue weighted by molar-refractivity contribution is 6.00. The third-order valence-corrected chi connectivity index (χ3v) is 6.77. The van der Waals surface area contributed by atoms with Crippen LogP contribution in [0.5, 0.6) is 0 Å². The predicted octanol–water partition coefficient (Wildman–Crippen LogP) is 5.53. The fourth-order valence-electron chi connectivity index (χ4n) is 5.38. The highest BCUT2D eigenvalue weighted by Crippen LogP contribution is 2.38. The molecule has 1 aliphatic heterocycles. The van der Waals surface area contributed by atoms with Crippen LogP contribution in [-0.2, 0) is 0 Å². The molecule has 2 aromatic rings. The molecule has 29 heavy (non-hydrogen) atoms. The monoisotopic (exact) mass is 394 g/mol. The summed E-state index contributed by atoms with van der Waals surface area (Å²) >= 11 is 0. The van der Waals surface area contributed by atoms with Crippen LogP contribution in [0.2, 0.25) is 0 Å². The van der Waals surface area contributed by atoms with Crippen molar-refractivity contribution < 1.29 is 9.18 Å². The summed E-state index contributed by atoms with van der Waals surface area (Å²) in [6, 6.07) is 17.3. The van der Waals surface area contributed by atoms with Crippen molar-refractivity contribution in [3.8, 4) is 0 Å². The van der Waals surface area contributed by atoms with Crippen molar-refractivity contribution in [2.75, 3.05) is 11.9 Å². The Hall–Kier alpha value is -2.20. The Labute approximate surface area is 173 Å². The number of anilines is 1. The van der Waals surface area contributed by atoms with Crippen LogP contribution in [0.4, 0.5) is 10.1 Å². The van der Waals surface area contributed by atoms with Crippen LogP contribution >= 0.6 is 0 Å². The summed E-state index contributed by atoms with van der Waals surface area (Å²) in [5, 5.41) is 3.77. The lowest BCUT2D eigenvalue weighted by molar-refractivity contribution is 0.0184. The van der Waals surface area contributed by atoms with Gasteiger partial charge in [-0.2, -0.15) is 0 Å². The molecular weight excluding hydrogens is 363 g/mol. The maximum Gasteiger partial charge on any atom is 0.179 e. The van der Waals surface area contributed by atoms with E-state index in [9.17, 15) is 9.18 Å². The summed E-state index contributed by atoms with van der Waals surface area (Å²) < 4.78 is 13.3. The number of ketones is 1. The molecule has 0 bridgehead atoms. The number of para-hydroxylation sites is 1. The lowest BCUT2D eigenvalue weighted by Crippen LogP contribution is -2.59. The van der Waals surface area contributed by atoms with E-state index >= 15 is 0 Å². The molecule has 1 N–H and O–H groups in total. The predicted molar refractivity (Wildman–Crippen MR) is 116 cm³/mol. The molecule has 0 radical (unpaired) electrons. The molecule has 1 heterocycles. The average Bonchev–Trinajstić information content (AvgIpc) is 2.77. The molecule has 3 nitrogen and oxygen atoms in total. The minimum Gasteiger partial charge on any atom is -0.382 e. The number of nitrogens with zero attached hydrogens (tertiary/aromatic N) is 1. The van der Waals surface area contributed by atoms with Crippen LogP contribution in [0.25, 0.3) is 0 Å². The molecule has 0 aromatic heterocycles. The van der Waals surface area contributed by atoms with Crippen molar-refractivity contribution in [1.29, 1.82) is 0 Å². The molecule has 2 fully saturated rings. The number of hydrogen-bond donors (Lipinski definition) is 1. The zero-order valence-corrected chi connectivity index (χ0v) is 17.2. The number of piperidine rings is 1. The summed E-state index contributed by atoms with van der Waals surface area (Å²) in [6.45, 7) is 3.02. The Bertz CT molecular complexity index is 807. The first-order chi connectivity index (χ1) is 14.2. The van der Waals surface area contributed by atoms with Crippen molar-refractivity contribution in [3.63, 3.8) is 0 Å². The zero-order valence-electron chi connectivity index (χ0n) is 17.2. The van der Waals surface area contributed by atoms with Gasteiger partial charge in [-0.15, -0.1) is 0 Å². The summed E-state index contributed by atoms with van der Waals surface area (Å²) in [7, 11) is 0. The average molecular weight is 395 g/mol. The Morgan fingerprint density at radius 3 is 2.52 bits per heavy atom. The SMILES string of the molecule is CCC(C(=O)c1ccc(F)cc1)N1CCC(Nc2ccccc2)C2CCCCC21. The molecular formula is C25H31FN2O. The third kappa shape index (κ3) is 4.37. The van der Waals surface area contributed by atoms with Crippen molar-refractivity contribution in [2.45, 2.75) is 63.6 Å². The van der Waals surface area contributed by atoms with Crippen molar-refractivity contribution in [3.05, 3.63) is 66.0 Å². The van der Waals surface area contributed by atoms with Gasteiger partial charge in [0, 0.05) is 29.9 Å². The Morgan fingerprint density at radius 2 is 1.79 bits per heavy atom. The summed E-state index contributed by atoms with van der Waals surface area (Å²) in [4.78, 5) is 15.7. The smallest absolute Gasteiger partial charge is 0.179 e. The topological polar surface area (TPSA) is 32.3 Å². The fraction of sp³-hybridized carbons (Fsp3) is 0.480. The largest absolute Gasteiger partial charge is 0.382 e. The lowest BCUT2D eigenvalue weighted by Gasteiger charge is -2.50. The standard InChI is InChI=1S/C25H31FN2O/c1-2-23(25(29)18-12-14-19(26)15-13-18)28-17-16-22(21-10-6-7-11-24(21)28)27-20-8-4-3-5-9-20/h3-5,8-9,12-15,21-24,27H,2,6-7,10-11,16-17H2,1H3. The molecule has 2 aromatic carbocycles. The Kier molecular flexibility index (Phi) is 6.29. The number of carbonyl (C=O) groups is 1. The number of fused-ring (bicyclic) bond motifs is 1. The van der Waals surface area contributed by atoms with E-state index in [1.54, 1.807) is 12.1 Å². The number of Topliss-reactive ketones (excluding diaryl/α,β-unsaturated/α-hetero) is 1. The normalized spacial score (nSPS) is 25.8. The van der Waals surface area contributed by atoms with Gasteiger partial charge in [-0.1, -0.05) is 38.0 Å². The second-order valence-electron chi connectivity index (χ2n) is 8.45. The molecule has 4 atom stereocenters. The number of benzene rings is 2. The van der Waals surface area contributed by atoms with E-state index in [2.05, 4.69) is 41.4 Å². The second kappa shape index (κ2) is 9.08. The number of nitrogens with one attached hydrogen (secondary N) is 1. The van der Waals surface area contributed by atoms with E-state index in [4.69, 9.17) is 0 Å². The van der Waals surface area contributed by atoms with Crippen LogP contribution in [-0.4, -0.2) is 35.4 Å². The van der Waals surface area contributed by atoms with E-state index in [0.29, 0.717) is 23.6 Å². The highest BCUT2D eigenvalue weighted by Gasteiger charge is 2.43. The first kappa shape index (κ1) is 20.1. The van der Waals surface area contributed by atoms with E-state index in [-0.39, 0.29) is 17.6 Å². The molecule has 0 spiro atoms. The highest BCUT2D eigenvalue weighted by atomic mass is 19.1. The molecule has 1 saturated heterocycles. The number of hydrogen-bond acceptors (Lipinski definition) is 3. The number of carbonyl (C=O) groups excluding carboxylic acids is 1. The van der Waals surface area contributed by atoms with Gasteiger partial charge in [0.2, 0.25) is 0 Å². The van der Waals surface area contributed by atoms with Gasteiger partial charge in [0.1, 0.15) is 5.82 Å². The first-order valence-electron chi connectivity index (χ1n) is 11.0. The van der Waals surface area contributed by atoms with Gasteiger partial charge in [-0.05, 0) is 68.0 Å². The second-order valence-corrected chi connectivity index (χ2v) is 8.45. The molecule has 4 unspecified atom stereocenters. The maximum absolute atomic E-state index is 13.3. The fourth-order valence-corrected chi connectivity index (χ4v) is 5.38. The quantitative estimate of drug-likeness (QED) is 0.654. The number of rotatable bonds is 6. The van der Waals surface area contributed by atoms with Gasteiger partial charge in [0.15, 0.2) is 5.78 Å². The number of likely N-dealkylation sites (tertiary alicyclic amines) is 1. The van der Waals surface area contributed by atoms with Crippen molar-refractivity contribution >= 4 is 11.5 Å². The van der Waals surface area contributed by atoms with Gasteiger partial charge in [-0.3, -0.25) is 9.69 Å². The summed E-state index contributed by atoms with van der Waals surface area (Å²) in [6.07, 6.45) is 6.71. The van der Waals surface area contributed by atoms with Gasteiger partial charge < -0.3 is 5.32 Å². The minimum atomic E-state index is -0.297. The summed E-state index contributed by atoms with van der Waals surface area (Å²) in [5.74, 6) is 0.397. The molecule has 2 aliphatic rings. The molecule has 0 amide bonds. The van der Waals surface area contributed by atoms with Crippen molar-refractivity contribution in [1.82, 2.24) is 4.90 Å². The van der Waals surface area contributed by atoms with Gasteiger partial charge in [0.25, 0.3) is 0 Å².